The number of carboxylic acids is 2. The van der Waals surface area contributed by atoms with E-state index in [0.29, 0.717) is 11.3 Å². The molecular formula is C23H13ClN2O7S. The van der Waals surface area contributed by atoms with Gasteiger partial charge in [0.1, 0.15) is 17.1 Å². The molecule has 0 atom stereocenters. The number of nitrogens with one attached hydrogen (secondary N) is 1. The molecule has 1 aliphatic heterocycles. The van der Waals surface area contributed by atoms with E-state index in [2.05, 4.69) is 5.32 Å². The van der Waals surface area contributed by atoms with Crippen LogP contribution in [0.5, 0.6) is 0 Å². The molecule has 0 radical (unpaired) electrons. The summed E-state index contributed by atoms with van der Waals surface area (Å²) in [6.45, 7) is 0. The van der Waals surface area contributed by atoms with Crippen molar-refractivity contribution in [1.29, 1.82) is 0 Å². The molecule has 0 spiro atoms. The molecule has 34 heavy (non-hydrogen) atoms. The van der Waals surface area contributed by atoms with Crippen molar-refractivity contribution in [2.24, 2.45) is 0 Å². The van der Waals surface area contributed by atoms with Gasteiger partial charge in [0.15, 0.2) is 5.11 Å². The Balaban J connectivity index is 1.64. The van der Waals surface area contributed by atoms with Crippen LogP contribution in [0.1, 0.15) is 26.5 Å². The summed E-state index contributed by atoms with van der Waals surface area (Å²) in [7, 11) is 0. The number of rotatable bonds is 5. The third-order valence-electron chi connectivity index (χ3n) is 4.87. The molecular weight excluding hydrogens is 484 g/mol. The SMILES string of the molecule is O=C1NC(=S)N(c2ccc(C(=O)O)cc2)C(=O)/C1=C/c1ccc(-c2ccc(C(=O)O)c(Cl)c2)o1. The molecule has 1 fully saturated rings. The first-order chi connectivity index (χ1) is 16.2. The number of hydrogen-bond donors (Lipinski definition) is 3. The summed E-state index contributed by atoms with van der Waals surface area (Å²) in [6.07, 6.45) is 1.24. The van der Waals surface area contributed by atoms with E-state index in [4.69, 9.17) is 38.4 Å². The Morgan fingerprint density at radius 3 is 2.32 bits per heavy atom. The lowest BCUT2D eigenvalue weighted by Gasteiger charge is -2.28. The van der Waals surface area contributed by atoms with Gasteiger partial charge in [-0.15, -0.1) is 0 Å². The molecule has 2 heterocycles. The molecule has 1 aromatic heterocycles. The van der Waals surface area contributed by atoms with Crippen molar-refractivity contribution < 1.29 is 33.8 Å². The lowest BCUT2D eigenvalue weighted by molar-refractivity contribution is -0.122. The van der Waals surface area contributed by atoms with Gasteiger partial charge < -0.3 is 14.6 Å². The Bertz CT molecular complexity index is 1410. The zero-order valence-electron chi connectivity index (χ0n) is 16.9. The van der Waals surface area contributed by atoms with Crippen molar-refractivity contribution in [2.45, 2.75) is 0 Å². The van der Waals surface area contributed by atoms with Gasteiger partial charge >= 0.3 is 11.9 Å². The van der Waals surface area contributed by atoms with Crippen molar-refractivity contribution >= 4 is 64.4 Å². The van der Waals surface area contributed by atoms with Gasteiger partial charge in [0, 0.05) is 5.56 Å². The molecule has 11 heteroatoms. The second kappa shape index (κ2) is 8.93. The smallest absolute Gasteiger partial charge is 0.337 e. The quantitative estimate of drug-likeness (QED) is 0.275. The molecule has 1 saturated heterocycles. The Morgan fingerprint density at radius 2 is 1.71 bits per heavy atom. The molecule has 0 aliphatic carbocycles. The van der Waals surface area contributed by atoms with Crippen LogP contribution in [-0.2, 0) is 9.59 Å². The van der Waals surface area contributed by atoms with Crippen molar-refractivity contribution in [2.75, 3.05) is 4.90 Å². The number of carbonyl (C=O) groups excluding carboxylic acids is 2. The average molecular weight is 497 g/mol. The fraction of sp³-hybridized carbons (Fsp3) is 0. The van der Waals surface area contributed by atoms with E-state index >= 15 is 0 Å². The van der Waals surface area contributed by atoms with Gasteiger partial charge in [-0.05, 0) is 66.8 Å². The van der Waals surface area contributed by atoms with Gasteiger partial charge in [-0.1, -0.05) is 17.7 Å². The van der Waals surface area contributed by atoms with Gasteiger partial charge in [0.25, 0.3) is 11.8 Å². The molecule has 1 aliphatic rings. The lowest BCUT2D eigenvalue weighted by Crippen LogP contribution is -2.54. The maximum Gasteiger partial charge on any atom is 0.337 e. The Kier molecular flexibility index (Phi) is 6.01. The molecule has 0 unspecified atom stereocenters. The highest BCUT2D eigenvalue weighted by Gasteiger charge is 2.34. The summed E-state index contributed by atoms with van der Waals surface area (Å²) < 4.78 is 5.70. The van der Waals surface area contributed by atoms with Crippen LogP contribution in [-0.4, -0.2) is 39.1 Å². The molecule has 2 amide bonds. The lowest BCUT2D eigenvalue weighted by atomic mass is 10.1. The number of carboxylic acid groups (broad SMARTS) is 2. The summed E-state index contributed by atoms with van der Waals surface area (Å²) in [4.78, 5) is 48.8. The summed E-state index contributed by atoms with van der Waals surface area (Å²) >= 11 is 11.1. The van der Waals surface area contributed by atoms with Crippen LogP contribution in [0, 0.1) is 0 Å². The van der Waals surface area contributed by atoms with Crippen LogP contribution in [0.4, 0.5) is 5.69 Å². The highest BCUT2D eigenvalue weighted by atomic mass is 35.5. The first-order valence-electron chi connectivity index (χ1n) is 9.53. The van der Waals surface area contributed by atoms with Crippen LogP contribution in [0.15, 0.2) is 64.6 Å². The number of carbonyl (C=O) groups is 4. The van der Waals surface area contributed by atoms with Crippen LogP contribution in [0.3, 0.4) is 0 Å². The van der Waals surface area contributed by atoms with Crippen LogP contribution < -0.4 is 10.2 Å². The van der Waals surface area contributed by atoms with Crippen LogP contribution in [0.2, 0.25) is 5.02 Å². The molecule has 9 nitrogen and oxygen atoms in total. The number of halogens is 1. The molecule has 0 saturated carbocycles. The number of furan rings is 1. The monoisotopic (exact) mass is 496 g/mol. The molecule has 2 aromatic carbocycles. The topological polar surface area (TPSA) is 137 Å². The second-order valence-corrected chi connectivity index (χ2v) is 7.81. The Labute approximate surface area is 201 Å². The molecule has 170 valence electrons. The largest absolute Gasteiger partial charge is 0.478 e. The van der Waals surface area contributed by atoms with Crippen molar-refractivity contribution in [1.82, 2.24) is 5.32 Å². The minimum atomic E-state index is -1.16. The number of thiocarbonyl (C=S) groups is 1. The fourth-order valence-electron chi connectivity index (χ4n) is 3.21. The number of nitrogens with zero attached hydrogens (tertiary/aromatic N) is 1. The number of aromatic carboxylic acids is 2. The number of amides is 2. The minimum Gasteiger partial charge on any atom is -0.478 e. The molecule has 4 rings (SSSR count). The first-order valence-corrected chi connectivity index (χ1v) is 10.3. The van der Waals surface area contributed by atoms with E-state index in [9.17, 15) is 19.2 Å². The van der Waals surface area contributed by atoms with Crippen LogP contribution >= 0.6 is 23.8 Å². The van der Waals surface area contributed by atoms with Gasteiger partial charge in [-0.2, -0.15) is 0 Å². The van der Waals surface area contributed by atoms with Crippen molar-refractivity contribution in [3.05, 3.63) is 82.1 Å². The normalized spacial score (nSPS) is 14.9. The number of benzene rings is 2. The summed E-state index contributed by atoms with van der Waals surface area (Å²) in [6, 6.07) is 12.8. The average Bonchev–Trinajstić information content (AvgIpc) is 3.25. The second-order valence-electron chi connectivity index (χ2n) is 7.01. The Hall–Kier alpha value is -4.28. The summed E-state index contributed by atoms with van der Waals surface area (Å²) in [5.41, 5.74) is 0.491. The van der Waals surface area contributed by atoms with Gasteiger partial charge in [-0.3, -0.25) is 19.8 Å². The molecule has 3 N–H and O–H groups in total. The predicted octanol–water partition coefficient (Wildman–Crippen LogP) is 3.83. The maximum absolute atomic E-state index is 13.1. The third kappa shape index (κ3) is 4.32. The van der Waals surface area contributed by atoms with E-state index in [1.807, 2.05) is 0 Å². The summed E-state index contributed by atoms with van der Waals surface area (Å²) in [5, 5.41) is 20.5. The van der Waals surface area contributed by atoms with Gasteiger partial charge in [0.05, 0.1) is 21.8 Å². The highest BCUT2D eigenvalue weighted by molar-refractivity contribution is 7.80. The minimum absolute atomic E-state index is 0.0264. The maximum atomic E-state index is 13.1. The van der Waals surface area contributed by atoms with Crippen molar-refractivity contribution in [3.63, 3.8) is 0 Å². The standard InChI is InChI=1S/C23H13ClN2O7S/c24-17-9-12(3-7-15(17)22(31)32)18-8-6-14(33-18)10-16-19(27)25-23(34)26(20(16)28)13-4-1-11(2-5-13)21(29)30/h1-10H,(H,29,30)(H,31,32)(H,25,27,34)/b16-10+. The van der Waals surface area contributed by atoms with E-state index in [1.54, 1.807) is 6.07 Å². The van der Waals surface area contributed by atoms with Gasteiger partial charge in [0.2, 0.25) is 0 Å². The zero-order valence-corrected chi connectivity index (χ0v) is 18.5. The molecule has 3 aromatic rings. The van der Waals surface area contributed by atoms with E-state index in [1.165, 1.54) is 54.6 Å². The van der Waals surface area contributed by atoms with E-state index in [0.717, 1.165) is 4.90 Å². The Morgan fingerprint density at radius 1 is 1.00 bits per heavy atom. The zero-order chi connectivity index (χ0) is 24.6. The van der Waals surface area contributed by atoms with Crippen molar-refractivity contribution in [3.8, 4) is 11.3 Å². The van der Waals surface area contributed by atoms with Gasteiger partial charge in [-0.25, -0.2) is 9.59 Å². The number of anilines is 1. The van der Waals surface area contributed by atoms with E-state index < -0.39 is 23.8 Å². The third-order valence-corrected chi connectivity index (χ3v) is 5.47. The van der Waals surface area contributed by atoms with E-state index in [-0.39, 0.29) is 38.3 Å². The molecule has 0 bridgehead atoms. The highest BCUT2D eigenvalue weighted by Crippen LogP contribution is 2.29. The number of hydrogen-bond acceptors (Lipinski definition) is 6. The first kappa shape index (κ1) is 22.9. The van der Waals surface area contributed by atoms with Crippen LogP contribution in [0.25, 0.3) is 17.4 Å². The fourth-order valence-corrected chi connectivity index (χ4v) is 3.76. The predicted molar refractivity (Wildman–Crippen MR) is 126 cm³/mol. The summed E-state index contributed by atoms with van der Waals surface area (Å²) in [5.74, 6) is -3.21.